The van der Waals surface area contributed by atoms with Gasteiger partial charge in [-0.05, 0) is 0 Å². The summed E-state index contributed by atoms with van der Waals surface area (Å²) in [6.07, 6.45) is -2.54. The fourth-order valence-corrected chi connectivity index (χ4v) is 0.253. The molecule has 0 aliphatic heterocycles. The summed E-state index contributed by atoms with van der Waals surface area (Å²) >= 11 is 0. The number of hydrogen-bond acceptors (Lipinski definition) is 3. The van der Waals surface area contributed by atoms with Crippen molar-refractivity contribution in [2.24, 2.45) is 0 Å². The third-order valence-corrected chi connectivity index (χ3v) is 0.653. The van der Waals surface area contributed by atoms with Crippen LogP contribution in [0.25, 0.3) is 0 Å². The molecule has 11 heavy (non-hydrogen) atoms. The van der Waals surface area contributed by atoms with E-state index in [-0.39, 0.29) is 11.0 Å². The van der Waals surface area contributed by atoms with Crippen LogP contribution in [0.4, 0.5) is 0 Å². The smallest absolute Gasteiger partial charge is 0.333 e. The number of carboxylic acids is 2. The molecule has 0 unspecified atom stereocenters. The van der Waals surface area contributed by atoms with Gasteiger partial charge in [-0.3, -0.25) is 4.79 Å². The molecule has 0 aliphatic rings. The van der Waals surface area contributed by atoms with E-state index in [0.717, 1.165) is 0 Å². The first-order chi connectivity index (χ1) is 4.04. The lowest BCUT2D eigenvalue weighted by atomic mass is 10.3. The van der Waals surface area contributed by atoms with E-state index >= 15 is 0 Å². The second kappa shape index (κ2) is 6.93. The third kappa shape index (κ3) is 8.82. The van der Waals surface area contributed by atoms with Crippen LogP contribution in [0.1, 0.15) is 6.42 Å². The SMILES string of the molecule is O.O.O=C(O)C[C@H](O)C(=O)O. The topological polar surface area (TPSA) is 158 Å². The van der Waals surface area contributed by atoms with Gasteiger partial charge in [0.05, 0.1) is 6.42 Å². The molecule has 7 nitrogen and oxygen atoms in total. The molecule has 0 aromatic rings. The molecule has 0 heterocycles. The Kier molecular flexibility index (Phi) is 10.4. The Balaban J connectivity index is -0.000000320. The minimum atomic E-state index is -1.79. The van der Waals surface area contributed by atoms with Gasteiger partial charge in [0.15, 0.2) is 6.10 Å². The van der Waals surface area contributed by atoms with Crippen molar-refractivity contribution in [2.75, 3.05) is 0 Å². The summed E-state index contributed by atoms with van der Waals surface area (Å²) in [6.45, 7) is 0. The molecule has 7 heteroatoms. The molecule has 0 spiro atoms. The van der Waals surface area contributed by atoms with Crippen molar-refractivity contribution in [3.05, 3.63) is 0 Å². The maximum Gasteiger partial charge on any atom is 0.333 e. The van der Waals surface area contributed by atoms with Gasteiger partial charge in [0.25, 0.3) is 0 Å². The molecule has 0 fully saturated rings. The lowest BCUT2D eigenvalue weighted by Crippen LogP contribution is -2.22. The molecule has 7 N–H and O–H groups in total. The highest BCUT2D eigenvalue weighted by atomic mass is 16.4. The van der Waals surface area contributed by atoms with E-state index in [1.54, 1.807) is 0 Å². The lowest BCUT2D eigenvalue weighted by molar-refractivity contribution is -0.152. The molecule has 0 bridgehead atoms. The zero-order chi connectivity index (χ0) is 7.44. The molecule has 0 rings (SSSR count). The fourth-order valence-electron chi connectivity index (χ4n) is 0.253. The Labute approximate surface area is 61.5 Å². The van der Waals surface area contributed by atoms with Crippen LogP contribution in [-0.4, -0.2) is 44.3 Å². The van der Waals surface area contributed by atoms with Crippen LogP contribution in [0.3, 0.4) is 0 Å². The highest BCUT2D eigenvalue weighted by Crippen LogP contribution is 1.89. The maximum absolute atomic E-state index is 9.72. The van der Waals surface area contributed by atoms with Crippen molar-refractivity contribution < 1.29 is 35.9 Å². The van der Waals surface area contributed by atoms with E-state index < -0.39 is 24.5 Å². The van der Waals surface area contributed by atoms with Crippen LogP contribution in [0.5, 0.6) is 0 Å². The van der Waals surface area contributed by atoms with Crippen LogP contribution in [-0.2, 0) is 9.59 Å². The summed E-state index contributed by atoms with van der Waals surface area (Å²) in [4.78, 5) is 19.4. The van der Waals surface area contributed by atoms with Gasteiger partial charge < -0.3 is 26.3 Å². The molecule has 0 aromatic carbocycles. The minimum Gasteiger partial charge on any atom is -0.481 e. The number of rotatable bonds is 3. The molecule has 68 valence electrons. The van der Waals surface area contributed by atoms with Gasteiger partial charge in [-0.15, -0.1) is 0 Å². The molecule has 0 aliphatic carbocycles. The molecule has 0 radical (unpaired) electrons. The fraction of sp³-hybridized carbons (Fsp3) is 0.500. The van der Waals surface area contributed by atoms with Crippen molar-refractivity contribution >= 4 is 11.9 Å². The molecular formula is C4H10O7. The summed E-state index contributed by atoms with van der Waals surface area (Å²) in [5, 5.41) is 24.1. The second-order valence-corrected chi connectivity index (χ2v) is 1.45. The van der Waals surface area contributed by atoms with Crippen LogP contribution in [0.2, 0.25) is 0 Å². The van der Waals surface area contributed by atoms with Crippen LogP contribution in [0, 0.1) is 0 Å². The number of carbonyl (C=O) groups is 2. The Morgan fingerprint density at radius 3 is 1.64 bits per heavy atom. The van der Waals surface area contributed by atoms with Gasteiger partial charge in [0.1, 0.15) is 0 Å². The first-order valence-corrected chi connectivity index (χ1v) is 2.16. The normalized spacial score (nSPS) is 10.3. The number of hydrogen-bond donors (Lipinski definition) is 3. The Hall–Kier alpha value is -1.18. The summed E-state index contributed by atoms with van der Waals surface area (Å²) < 4.78 is 0. The zero-order valence-electron chi connectivity index (χ0n) is 5.44. The van der Waals surface area contributed by atoms with Crippen molar-refractivity contribution in [1.82, 2.24) is 0 Å². The van der Waals surface area contributed by atoms with Gasteiger partial charge in [-0.25, -0.2) is 4.79 Å². The molecule has 0 aromatic heterocycles. The minimum absolute atomic E-state index is 0. The van der Waals surface area contributed by atoms with E-state index in [2.05, 4.69) is 0 Å². The van der Waals surface area contributed by atoms with E-state index in [9.17, 15) is 9.59 Å². The average molecular weight is 170 g/mol. The average Bonchev–Trinajstić information content (AvgIpc) is 1.63. The van der Waals surface area contributed by atoms with Gasteiger partial charge in [0, 0.05) is 0 Å². The monoisotopic (exact) mass is 170 g/mol. The van der Waals surface area contributed by atoms with E-state index in [0.29, 0.717) is 0 Å². The van der Waals surface area contributed by atoms with Crippen LogP contribution >= 0.6 is 0 Å². The molecule has 0 amide bonds. The third-order valence-electron chi connectivity index (χ3n) is 0.653. The van der Waals surface area contributed by atoms with Gasteiger partial charge >= 0.3 is 11.9 Å². The zero-order valence-corrected chi connectivity index (χ0v) is 5.44. The maximum atomic E-state index is 9.72. The van der Waals surface area contributed by atoms with Crippen molar-refractivity contribution in [2.45, 2.75) is 12.5 Å². The molecule has 1 atom stereocenters. The van der Waals surface area contributed by atoms with E-state index in [4.69, 9.17) is 15.3 Å². The Bertz CT molecular complexity index is 130. The Morgan fingerprint density at radius 2 is 1.55 bits per heavy atom. The number of aliphatic carboxylic acids is 2. The predicted molar refractivity (Wildman–Crippen MR) is 33.1 cm³/mol. The standard InChI is InChI=1S/C4H6O5.2H2O/c5-2(4(8)9)1-3(6)7;;/h2,5H,1H2,(H,6,7)(H,8,9);2*1H2/t2-;;/m0../s1. The predicted octanol–water partition coefficient (Wildman–Crippen LogP) is -2.74. The van der Waals surface area contributed by atoms with Gasteiger partial charge in [0.2, 0.25) is 0 Å². The molecular weight excluding hydrogens is 160 g/mol. The second-order valence-electron chi connectivity index (χ2n) is 1.45. The van der Waals surface area contributed by atoms with Gasteiger partial charge in [-0.2, -0.15) is 0 Å². The van der Waals surface area contributed by atoms with Gasteiger partial charge in [-0.1, -0.05) is 0 Å². The van der Waals surface area contributed by atoms with Crippen molar-refractivity contribution in [3.8, 4) is 0 Å². The highest BCUT2D eigenvalue weighted by molar-refractivity contribution is 5.79. The number of aliphatic hydroxyl groups is 1. The van der Waals surface area contributed by atoms with E-state index in [1.807, 2.05) is 0 Å². The number of aliphatic hydroxyl groups excluding tert-OH is 1. The summed E-state index contributed by atoms with van der Waals surface area (Å²) in [6, 6.07) is 0. The van der Waals surface area contributed by atoms with E-state index in [1.165, 1.54) is 0 Å². The van der Waals surface area contributed by atoms with Crippen molar-refractivity contribution in [3.63, 3.8) is 0 Å². The molecule has 0 saturated carbocycles. The summed E-state index contributed by atoms with van der Waals surface area (Å²) in [7, 11) is 0. The lowest BCUT2D eigenvalue weighted by Gasteiger charge is -1.97. The number of carboxylic acid groups (broad SMARTS) is 2. The van der Waals surface area contributed by atoms with Crippen LogP contribution < -0.4 is 0 Å². The Morgan fingerprint density at radius 1 is 1.18 bits per heavy atom. The van der Waals surface area contributed by atoms with Crippen LogP contribution in [0.15, 0.2) is 0 Å². The molecule has 0 saturated heterocycles. The first kappa shape index (κ1) is 16.4. The summed E-state index contributed by atoms with van der Waals surface area (Å²) in [5.41, 5.74) is 0. The summed E-state index contributed by atoms with van der Waals surface area (Å²) in [5.74, 6) is -2.85. The largest absolute Gasteiger partial charge is 0.481 e. The first-order valence-electron chi connectivity index (χ1n) is 2.16. The highest BCUT2D eigenvalue weighted by Gasteiger charge is 2.16. The van der Waals surface area contributed by atoms with Crippen molar-refractivity contribution in [1.29, 1.82) is 0 Å². The quantitative estimate of drug-likeness (QED) is 0.418.